The molecule has 0 fully saturated rings. The van der Waals surface area contributed by atoms with Crippen molar-refractivity contribution >= 4 is 21.6 Å². The van der Waals surface area contributed by atoms with Gasteiger partial charge in [-0.25, -0.2) is 8.42 Å². The highest BCUT2D eigenvalue weighted by Crippen LogP contribution is 2.23. The number of benzene rings is 3. The van der Waals surface area contributed by atoms with Gasteiger partial charge in [-0.3, -0.25) is 9.52 Å². The fourth-order valence-corrected chi connectivity index (χ4v) is 4.60. The Morgan fingerprint density at radius 1 is 0.903 bits per heavy atom. The molecule has 1 unspecified atom stereocenters. The molecule has 0 aliphatic carbocycles. The summed E-state index contributed by atoms with van der Waals surface area (Å²) >= 11 is 0. The van der Waals surface area contributed by atoms with Gasteiger partial charge in [0.05, 0.1) is 10.9 Å². The number of aryl methyl sites for hydroxylation is 3. The topological polar surface area (TPSA) is 75.3 Å². The van der Waals surface area contributed by atoms with Gasteiger partial charge in [-0.1, -0.05) is 54.4 Å². The Balaban J connectivity index is 1.81. The van der Waals surface area contributed by atoms with Crippen molar-refractivity contribution in [1.29, 1.82) is 0 Å². The van der Waals surface area contributed by atoms with Crippen molar-refractivity contribution in [2.75, 3.05) is 4.72 Å². The first-order valence-corrected chi connectivity index (χ1v) is 11.8. The number of anilines is 1. The van der Waals surface area contributed by atoms with Crippen molar-refractivity contribution in [3.05, 3.63) is 94.5 Å². The second kappa shape index (κ2) is 9.35. The minimum absolute atomic E-state index is 0.0419. The smallest absolute Gasteiger partial charge is 0.261 e. The summed E-state index contributed by atoms with van der Waals surface area (Å²) in [5.74, 6) is -0.306. The molecule has 0 aliphatic rings. The van der Waals surface area contributed by atoms with E-state index in [2.05, 4.69) is 16.1 Å². The quantitative estimate of drug-likeness (QED) is 0.528. The Hall–Kier alpha value is -3.12. The molecule has 162 valence electrons. The number of hydrogen-bond donors (Lipinski definition) is 2. The van der Waals surface area contributed by atoms with Gasteiger partial charge in [-0.05, 0) is 68.7 Å². The summed E-state index contributed by atoms with van der Waals surface area (Å²) in [6.07, 6.45) is 0.725. The van der Waals surface area contributed by atoms with E-state index in [1.807, 2.05) is 52.0 Å². The molecule has 3 aromatic carbocycles. The lowest BCUT2D eigenvalue weighted by Gasteiger charge is -2.20. The first-order chi connectivity index (χ1) is 14.7. The molecule has 1 atom stereocenters. The summed E-state index contributed by atoms with van der Waals surface area (Å²) in [4.78, 5) is 13.0. The van der Waals surface area contributed by atoms with Gasteiger partial charge in [0.1, 0.15) is 0 Å². The number of amides is 1. The van der Waals surface area contributed by atoms with Crippen LogP contribution in [0.15, 0.2) is 71.6 Å². The normalized spacial score (nSPS) is 12.3. The van der Waals surface area contributed by atoms with E-state index in [0.717, 1.165) is 23.1 Å². The molecule has 0 saturated carbocycles. The van der Waals surface area contributed by atoms with Crippen LogP contribution in [-0.4, -0.2) is 14.3 Å². The van der Waals surface area contributed by atoms with Crippen LogP contribution in [0.4, 0.5) is 5.69 Å². The van der Waals surface area contributed by atoms with Crippen LogP contribution in [0, 0.1) is 20.8 Å². The molecule has 0 aromatic heterocycles. The second-order valence-corrected chi connectivity index (χ2v) is 9.48. The van der Waals surface area contributed by atoms with E-state index in [1.54, 1.807) is 24.3 Å². The Bertz CT molecular complexity index is 1190. The van der Waals surface area contributed by atoms with Crippen LogP contribution in [0.25, 0.3) is 0 Å². The molecule has 1 amide bonds. The summed E-state index contributed by atoms with van der Waals surface area (Å²) in [5, 5.41) is 3.04. The molecule has 0 spiro atoms. The van der Waals surface area contributed by atoms with E-state index in [-0.39, 0.29) is 16.8 Å². The summed E-state index contributed by atoms with van der Waals surface area (Å²) in [6, 6.07) is 19.2. The number of carbonyl (C=O) groups excluding carboxylic acids is 1. The van der Waals surface area contributed by atoms with E-state index in [0.29, 0.717) is 11.3 Å². The maximum atomic E-state index is 12.9. The summed E-state index contributed by atoms with van der Waals surface area (Å²) < 4.78 is 28.1. The van der Waals surface area contributed by atoms with Crippen molar-refractivity contribution in [2.45, 2.75) is 45.1 Å². The van der Waals surface area contributed by atoms with Crippen molar-refractivity contribution in [3.63, 3.8) is 0 Å². The first kappa shape index (κ1) is 22.6. The lowest BCUT2D eigenvalue weighted by Crippen LogP contribution is -2.29. The lowest BCUT2D eigenvalue weighted by atomic mass is 9.97. The van der Waals surface area contributed by atoms with Crippen LogP contribution in [0.2, 0.25) is 0 Å². The summed E-state index contributed by atoms with van der Waals surface area (Å²) in [5.41, 5.74) is 5.16. The van der Waals surface area contributed by atoms with Crippen molar-refractivity contribution in [1.82, 2.24) is 5.32 Å². The predicted octanol–water partition coefficient (Wildman–Crippen LogP) is 5.29. The summed E-state index contributed by atoms with van der Waals surface area (Å²) in [6.45, 7) is 8.01. The van der Waals surface area contributed by atoms with Crippen LogP contribution in [-0.2, 0) is 10.0 Å². The molecular weight excluding hydrogens is 408 g/mol. The molecule has 3 rings (SSSR count). The van der Waals surface area contributed by atoms with Crippen LogP contribution in [0.1, 0.15) is 52.0 Å². The number of sulfonamides is 1. The van der Waals surface area contributed by atoms with Gasteiger partial charge < -0.3 is 5.32 Å². The van der Waals surface area contributed by atoms with Gasteiger partial charge in [-0.2, -0.15) is 0 Å². The number of carbonyl (C=O) groups is 1. The third-order valence-electron chi connectivity index (χ3n) is 5.22. The molecule has 3 aromatic rings. The van der Waals surface area contributed by atoms with Crippen molar-refractivity contribution in [3.8, 4) is 0 Å². The Labute approximate surface area is 184 Å². The van der Waals surface area contributed by atoms with Crippen LogP contribution in [0.3, 0.4) is 0 Å². The van der Waals surface area contributed by atoms with Crippen LogP contribution >= 0.6 is 0 Å². The number of hydrogen-bond acceptors (Lipinski definition) is 3. The molecule has 0 aliphatic heterocycles. The first-order valence-electron chi connectivity index (χ1n) is 10.3. The second-order valence-electron chi connectivity index (χ2n) is 7.79. The highest BCUT2D eigenvalue weighted by molar-refractivity contribution is 7.92. The summed E-state index contributed by atoms with van der Waals surface area (Å²) in [7, 11) is -3.81. The van der Waals surface area contributed by atoms with Gasteiger partial charge in [0.25, 0.3) is 15.9 Å². The van der Waals surface area contributed by atoms with Gasteiger partial charge in [0.15, 0.2) is 0 Å². The average Bonchev–Trinajstić information content (AvgIpc) is 2.74. The third kappa shape index (κ3) is 5.52. The number of rotatable bonds is 7. The van der Waals surface area contributed by atoms with Gasteiger partial charge >= 0.3 is 0 Å². The molecule has 6 heteroatoms. The van der Waals surface area contributed by atoms with E-state index in [1.165, 1.54) is 17.7 Å². The Morgan fingerprint density at radius 3 is 2.23 bits per heavy atom. The Morgan fingerprint density at radius 2 is 1.58 bits per heavy atom. The molecule has 0 saturated heterocycles. The Kier molecular flexibility index (Phi) is 6.81. The monoisotopic (exact) mass is 436 g/mol. The average molecular weight is 437 g/mol. The molecule has 31 heavy (non-hydrogen) atoms. The van der Waals surface area contributed by atoms with E-state index >= 15 is 0 Å². The zero-order valence-electron chi connectivity index (χ0n) is 18.3. The van der Waals surface area contributed by atoms with Gasteiger partial charge in [0.2, 0.25) is 0 Å². The number of nitrogens with one attached hydrogen (secondary N) is 2. The van der Waals surface area contributed by atoms with E-state index in [9.17, 15) is 13.2 Å². The molecule has 0 heterocycles. The predicted molar refractivity (Wildman–Crippen MR) is 125 cm³/mol. The van der Waals surface area contributed by atoms with E-state index < -0.39 is 10.0 Å². The molecule has 2 N–H and O–H groups in total. The zero-order chi connectivity index (χ0) is 22.6. The van der Waals surface area contributed by atoms with Gasteiger partial charge in [0, 0.05) is 11.3 Å². The fourth-order valence-electron chi connectivity index (χ4n) is 3.50. The van der Waals surface area contributed by atoms with Gasteiger partial charge in [-0.15, -0.1) is 0 Å². The minimum atomic E-state index is -3.81. The standard InChI is InChI=1S/C25H28N2O3S/c1-5-24(23-14-11-18(3)15-19(23)4)26-25(28)20-7-6-8-22(16-20)31(29,30)27-21-12-9-17(2)10-13-21/h6-16,24,27H,5H2,1-4H3,(H,26,28). The lowest BCUT2D eigenvalue weighted by molar-refractivity contribution is 0.0935. The SMILES string of the molecule is CCC(NC(=O)c1cccc(S(=O)(=O)Nc2ccc(C)cc2)c1)c1ccc(C)cc1C. The third-order valence-corrected chi connectivity index (χ3v) is 6.60. The maximum Gasteiger partial charge on any atom is 0.261 e. The van der Waals surface area contributed by atoms with Crippen molar-refractivity contribution < 1.29 is 13.2 Å². The van der Waals surface area contributed by atoms with E-state index in [4.69, 9.17) is 0 Å². The molecule has 0 bridgehead atoms. The van der Waals surface area contributed by atoms with Crippen LogP contribution < -0.4 is 10.0 Å². The fraction of sp³-hybridized carbons (Fsp3) is 0.240. The highest BCUT2D eigenvalue weighted by atomic mass is 32.2. The minimum Gasteiger partial charge on any atom is -0.345 e. The highest BCUT2D eigenvalue weighted by Gasteiger charge is 2.19. The molecular formula is C25H28N2O3S. The largest absolute Gasteiger partial charge is 0.345 e. The maximum absolute atomic E-state index is 12.9. The molecule has 0 radical (unpaired) electrons. The van der Waals surface area contributed by atoms with Crippen molar-refractivity contribution in [2.24, 2.45) is 0 Å². The molecule has 5 nitrogen and oxygen atoms in total. The zero-order valence-corrected chi connectivity index (χ0v) is 19.1. The van der Waals surface area contributed by atoms with Crippen LogP contribution in [0.5, 0.6) is 0 Å².